The quantitative estimate of drug-likeness (QED) is 0.676. The summed E-state index contributed by atoms with van der Waals surface area (Å²) in [6.45, 7) is 2.28. The number of hydrogen-bond acceptors (Lipinski definition) is 5. The largest absolute Gasteiger partial charge is 0.508 e. The Morgan fingerprint density at radius 1 is 0.926 bits per heavy atom. The number of phenols is 1. The van der Waals surface area contributed by atoms with E-state index < -0.39 is 17.4 Å². The second-order valence-corrected chi connectivity index (χ2v) is 6.58. The molecule has 1 aliphatic rings. The molecular weight excluding hydrogens is 346 g/mol. The molecule has 1 saturated heterocycles. The van der Waals surface area contributed by atoms with Crippen molar-refractivity contribution in [2.45, 2.75) is 38.3 Å². The molecule has 2 amide bonds. The average molecular weight is 369 g/mol. The number of carbonyl (C=O) groups excluding carboxylic acids is 2. The lowest BCUT2D eigenvalue weighted by molar-refractivity contribution is -0.145. The van der Waals surface area contributed by atoms with Crippen molar-refractivity contribution < 1.29 is 19.8 Å². The van der Waals surface area contributed by atoms with Crippen LogP contribution in [0.5, 0.6) is 5.75 Å². The van der Waals surface area contributed by atoms with Gasteiger partial charge in [-0.3, -0.25) is 9.59 Å². The second kappa shape index (κ2) is 7.38. The zero-order chi connectivity index (χ0) is 19.6. The predicted octanol–water partition coefficient (Wildman–Crippen LogP) is 2.07. The van der Waals surface area contributed by atoms with Crippen LogP contribution in [0.15, 0.2) is 48.5 Å². The van der Waals surface area contributed by atoms with E-state index in [0.717, 1.165) is 17.0 Å². The zero-order valence-corrected chi connectivity index (χ0v) is 15.1. The van der Waals surface area contributed by atoms with Gasteiger partial charge in [-0.05, 0) is 54.8 Å². The number of benzene rings is 2. The summed E-state index contributed by atoms with van der Waals surface area (Å²) >= 11 is 0. The molecule has 7 nitrogen and oxygen atoms in total. The molecule has 0 spiro atoms. The molecule has 0 aromatic heterocycles. The Morgan fingerprint density at radius 2 is 1.41 bits per heavy atom. The second-order valence-electron chi connectivity index (χ2n) is 6.58. The van der Waals surface area contributed by atoms with Crippen LogP contribution in [-0.2, 0) is 16.1 Å². The number of nitrogens with two attached hydrogens (primary N) is 1. The fourth-order valence-corrected chi connectivity index (χ4v) is 3.10. The zero-order valence-electron chi connectivity index (χ0n) is 15.1. The number of hydrogen-bond donors (Lipinski definition) is 3. The van der Waals surface area contributed by atoms with E-state index in [1.807, 2.05) is 6.92 Å². The lowest BCUT2D eigenvalue weighted by atomic mass is 9.96. The first kappa shape index (κ1) is 18.9. The number of phenolic OH excluding ortho intramolecular Hbond substituents is 1. The highest BCUT2D eigenvalue weighted by atomic mass is 16.3. The topological polar surface area (TPSA) is 107 Å². The molecule has 0 radical (unpaired) electrons. The van der Waals surface area contributed by atoms with Crippen LogP contribution in [0, 0.1) is 0 Å². The van der Waals surface area contributed by atoms with Gasteiger partial charge in [0.15, 0.2) is 0 Å². The fourth-order valence-electron chi connectivity index (χ4n) is 3.10. The van der Waals surface area contributed by atoms with Gasteiger partial charge in [0.2, 0.25) is 5.60 Å². The first-order valence-corrected chi connectivity index (χ1v) is 8.92. The summed E-state index contributed by atoms with van der Waals surface area (Å²) < 4.78 is 0. The predicted molar refractivity (Wildman–Crippen MR) is 102 cm³/mol. The monoisotopic (exact) mass is 369 g/mol. The summed E-state index contributed by atoms with van der Waals surface area (Å²) in [4.78, 5) is 26.2. The summed E-state index contributed by atoms with van der Waals surface area (Å²) in [6.07, 6.45) is 1.33. The van der Waals surface area contributed by atoms with Crippen LogP contribution in [0.25, 0.3) is 0 Å². The number of aromatic hydroxyl groups is 1. The normalized spacial score (nSPS) is 19.8. The van der Waals surface area contributed by atoms with E-state index >= 15 is 0 Å². The molecule has 1 heterocycles. The highest BCUT2D eigenvalue weighted by Gasteiger charge is 2.58. The molecule has 2 aromatic rings. The fraction of sp³-hybridized carbons (Fsp3) is 0.300. The van der Waals surface area contributed by atoms with Gasteiger partial charge in [-0.15, -0.1) is 0 Å². The number of nitrogens with zero attached hydrogens (tertiary/aromatic N) is 2. The Balaban J connectivity index is 2.08. The molecule has 1 fully saturated rings. The Kier molecular flexibility index (Phi) is 5.16. The number of rotatable bonds is 6. The number of hydrazine groups is 1. The summed E-state index contributed by atoms with van der Waals surface area (Å²) in [5, 5.41) is 22.8. The van der Waals surface area contributed by atoms with Gasteiger partial charge in [0.25, 0.3) is 11.8 Å². The van der Waals surface area contributed by atoms with Gasteiger partial charge in [0, 0.05) is 6.54 Å². The minimum absolute atomic E-state index is 0.0387. The maximum Gasteiger partial charge on any atom is 0.288 e. The van der Waals surface area contributed by atoms with E-state index in [0.29, 0.717) is 24.3 Å². The lowest BCUT2D eigenvalue weighted by Crippen LogP contribution is -2.44. The summed E-state index contributed by atoms with van der Waals surface area (Å²) in [6, 6.07) is 12.8. The van der Waals surface area contributed by atoms with E-state index in [2.05, 4.69) is 0 Å². The molecular formula is C20H23N3O4. The van der Waals surface area contributed by atoms with Crippen molar-refractivity contribution in [1.29, 1.82) is 0 Å². The summed E-state index contributed by atoms with van der Waals surface area (Å²) in [5.74, 6) is -1.35. The maximum atomic E-state index is 13.1. The van der Waals surface area contributed by atoms with Gasteiger partial charge in [-0.2, -0.15) is 0 Å². The third-order valence-corrected chi connectivity index (χ3v) is 4.70. The summed E-state index contributed by atoms with van der Waals surface area (Å²) in [7, 11) is 0. The SMILES string of the molecule is CCCCC1(O)C(=O)N(c2ccc(O)cc2)N(c2ccc(CN)cc2)C1=O. The molecule has 27 heavy (non-hydrogen) atoms. The van der Waals surface area contributed by atoms with Crippen LogP contribution < -0.4 is 15.8 Å². The van der Waals surface area contributed by atoms with Crippen molar-refractivity contribution >= 4 is 23.2 Å². The molecule has 142 valence electrons. The van der Waals surface area contributed by atoms with Gasteiger partial charge >= 0.3 is 0 Å². The van der Waals surface area contributed by atoms with E-state index in [1.165, 1.54) is 29.3 Å². The molecule has 2 aromatic carbocycles. The molecule has 3 rings (SSSR count). The highest BCUT2D eigenvalue weighted by Crippen LogP contribution is 2.36. The van der Waals surface area contributed by atoms with Crippen molar-refractivity contribution in [3.05, 3.63) is 54.1 Å². The number of amides is 2. The average Bonchev–Trinajstić information content (AvgIpc) is 2.88. The Labute approximate surface area is 157 Å². The minimum Gasteiger partial charge on any atom is -0.508 e. The Hall–Kier alpha value is -2.90. The number of unbranched alkanes of at least 4 members (excludes halogenated alkanes) is 1. The van der Waals surface area contributed by atoms with E-state index in [4.69, 9.17) is 5.73 Å². The van der Waals surface area contributed by atoms with Gasteiger partial charge in [0.1, 0.15) is 5.75 Å². The third kappa shape index (κ3) is 3.27. The lowest BCUT2D eigenvalue weighted by Gasteiger charge is -2.27. The Bertz CT molecular complexity index is 835. The van der Waals surface area contributed by atoms with Crippen LogP contribution >= 0.6 is 0 Å². The van der Waals surface area contributed by atoms with E-state index in [1.54, 1.807) is 24.3 Å². The van der Waals surface area contributed by atoms with Crippen molar-refractivity contribution in [2.75, 3.05) is 10.0 Å². The van der Waals surface area contributed by atoms with Gasteiger partial charge in [-0.25, -0.2) is 10.0 Å². The van der Waals surface area contributed by atoms with Crippen LogP contribution in [0.1, 0.15) is 31.7 Å². The van der Waals surface area contributed by atoms with Gasteiger partial charge in [-0.1, -0.05) is 25.5 Å². The molecule has 1 aliphatic heterocycles. The van der Waals surface area contributed by atoms with Gasteiger partial charge < -0.3 is 15.9 Å². The molecule has 0 bridgehead atoms. The minimum atomic E-state index is -2.11. The number of carbonyl (C=O) groups is 2. The van der Waals surface area contributed by atoms with Crippen LogP contribution in [0.4, 0.5) is 11.4 Å². The van der Waals surface area contributed by atoms with Crippen molar-refractivity contribution in [1.82, 2.24) is 0 Å². The molecule has 1 atom stereocenters. The van der Waals surface area contributed by atoms with Crippen molar-refractivity contribution in [3.63, 3.8) is 0 Å². The van der Waals surface area contributed by atoms with Gasteiger partial charge in [0.05, 0.1) is 11.4 Å². The third-order valence-electron chi connectivity index (χ3n) is 4.70. The maximum absolute atomic E-state index is 13.1. The number of anilines is 2. The molecule has 1 unspecified atom stereocenters. The molecule has 0 saturated carbocycles. The molecule has 0 aliphatic carbocycles. The summed E-state index contributed by atoms with van der Waals surface area (Å²) in [5.41, 5.74) is 5.22. The molecule has 4 N–H and O–H groups in total. The molecule has 7 heteroatoms. The van der Waals surface area contributed by atoms with Crippen LogP contribution in [0.3, 0.4) is 0 Å². The van der Waals surface area contributed by atoms with E-state index in [-0.39, 0.29) is 12.2 Å². The van der Waals surface area contributed by atoms with Crippen LogP contribution in [0.2, 0.25) is 0 Å². The highest BCUT2D eigenvalue weighted by molar-refractivity contribution is 6.28. The van der Waals surface area contributed by atoms with Crippen molar-refractivity contribution in [2.24, 2.45) is 5.73 Å². The standard InChI is InChI=1S/C20H23N3O4/c1-2-3-12-20(27)18(25)22(15-6-4-14(13-21)5-7-15)23(19(20)26)16-8-10-17(24)11-9-16/h4-11,24,27H,2-3,12-13,21H2,1H3. The first-order valence-electron chi connectivity index (χ1n) is 8.92. The Morgan fingerprint density at radius 3 is 1.85 bits per heavy atom. The van der Waals surface area contributed by atoms with Crippen molar-refractivity contribution in [3.8, 4) is 5.75 Å². The van der Waals surface area contributed by atoms with E-state index in [9.17, 15) is 19.8 Å². The first-order chi connectivity index (χ1) is 12.9. The van der Waals surface area contributed by atoms with Crippen LogP contribution in [-0.4, -0.2) is 27.6 Å². The smallest absolute Gasteiger partial charge is 0.288 e. The number of aliphatic hydroxyl groups is 1.